The molecule has 2 unspecified atom stereocenters. The van der Waals surface area contributed by atoms with Gasteiger partial charge in [0.15, 0.2) is 0 Å². The van der Waals surface area contributed by atoms with Crippen LogP contribution in [0.1, 0.15) is 44.9 Å². The summed E-state index contributed by atoms with van der Waals surface area (Å²) in [6.07, 6.45) is 0.0587. The van der Waals surface area contributed by atoms with Gasteiger partial charge in [-0.25, -0.2) is 0 Å². The lowest BCUT2D eigenvalue weighted by atomic mass is 10.1. The molecule has 0 aliphatic rings. The highest BCUT2D eigenvalue weighted by molar-refractivity contribution is 5.38. The Morgan fingerprint density at radius 1 is 1.15 bits per heavy atom. The molecule has 0 aliphatic carbocycles. The highest BCUT2D eigenvalue weighted by Gasteiger charge is 2.10. The maximum absolute atomic E-state index is 5.93. The lowest BCUT2D eigenvalue weighted by molar-refractivity contribution is -0.0123. The van der Waals surface area contributed by atoms with E-state index in [-0.39, 0.29) is 12.1 Å². The predicted octanol–water partition coefficient (Wildman–Crippen LogP) is 3.05. The summed E-state index contributed by atoms with van der Waals surface area (Å²) < 4.78 is 16.8. The summed E-state index contributed by atoms with van der Waals surface area (Å²) in [5, 5.41) is 0. The van der Waals surface area contributed by atoms with Gasteiger partial charge in [0.05, 0.1) is 25.9 Å². The third-order valence-electron chi connectivity index (χ3n) is 2.99. The summed E-state index contributed by atoms with van der Waals surface area (Å²) in [5.74, 6) is 0.862. The number of hydrogen-bond donors (Lipinski definition) is 1. The maximum Gasteiger partial charge on any atom is 0.124 e. The third kappa shape index (κ3) is 5.49. The lowest BCUT2D eigenvalue weighted by Gasteiger charge is -2.17. The molecule has 2 atom stereocenters. The van der Waals surface area contributed by atoms with E-state index < -0.39 is 0 Å². The van der Waals surface area contributed by atoms with Gasteiger partial charge in [-0.15, -0.1) is 0 Å². The Balaban J connectivity index is 2.71. The summed E-state index contributed by atoms with van der Waals surface area (Å²) in [6, 6.07) is 6.03. The Bertz CT molecular complexity index is 393. The molecule has 2 N–H and O–H groups in total. The van der Waals surface area contributed by atoms with Gasteiger partial charge in [0.25, 0.3) is 0 Å². The molecular weight excluding hydrogens is 254 g/mol. The molecule has 1 aromatic carbocycles. The van der Waals surface area contributed by atoms with E-state index in [0.29, 0.717) is 26.4 Å². The van der Waals surface area contributed by atoms with Crippen LogP contribution in [0.5, 0.6) is 5.75 Å². The van der Waals surface area contributed by atoms with E-state index >= 15 is 0 Å². The largest absolute Gasteiger partial charge is 0.494 e. The van der Waals surface area contributed by atoms with Crippen LogP contribution in [-0.2, 0) is 16.1 Å². The summed E-state index contributed by atoms with van der Waals surface area (Å²) in [4.78, 5) is 0. The highest BCUT2D eigenvalue weighted by atomic mass is 16.5. The number of nitrogens with two attached hydrogens (primary N) is 1. The Hall–Kier alpha value is -1.10. The molecule has 0 amide bonds. The zero-order valence-corrected chi connectivity index (χ0v) is 13.0. The van der Waals surface area contributed by atoms with Crippen LogP contribution >= 0.6 is 0 Å². The van der Waals surface area contributed by atoms with E-state index in [1.807, 2.05) is 39.8 Å². The second kappa shape index (κ2) is 8.95. The molecule has 0 spiro atoms. The average molecular weight is 281 g/mol. The molecule has 4 nitrogen and oxygen atoms in total. The zero-order valence-electron chi connectivity index (χ0n) is 13.0. The molecule has 20 heavy (non-hydrogen) atoms. The number of hydrogen-bond acceptors (Lipinski definition) is 4. The smallest absolute Gasteiger partial charge is 0.124 e. The first-order valence-electron chi connectivity index (χ1n) is 7.29. The van der Waals surface area contributed by atoms with Crippen LogP contribution in [0.15, 0.2) is 18.2 Å². The van der Waals surface area contributed by atoms with Crippen LogP contribution < -0.4 is 10.5 Å². The summed E-state index contributed by atoms with van der Waals surface area (Å²) in [6.45, 7) is 10.4. The minimum Gasteiger partial charge on any atom is -0.494 e. The molecule has 0 bridgehead atoms. The number of ether oxygens (including phenoxy) is 3. The molecule has 4 heteroatoms. The molecule has 0 saturated carbocycles. The quantitative estimate of drug-likeness (QED) is 0.756. The van der Waals surface area contributed by atoms with Gasteiger partial charge in [-0.1, -0.05) is 6.07 Å². The standard InChI is InChI=1S/C16H27NO3/c1-5-18-10-12(3)20-11-15-9-14(13(4)17)7-8-16(15)19-6-2/h7-9,12-13H,5-6,10-11,17H2,1-4H3. The Kier molecular flexibility index (Phi) is 7.59. The minimum atomic E-state index is 0.00488. The molecule has 0 aliphatic heterocycles. The van der Waals surface area contributed by atoms with Crippen LogP contribution in [0.25, 0.3) is 0 Å². The monoisotopic (exact) mass is 281 g/mol. The molecule has 1 rings (SSSR count). The minimum absolute atomic E-state index is 0.00488. The fraction of sp³-hybridized carbons (Fsp3) is 0.625. The van der Waals surface area contributed by atoms with Crippen molar-refractivity contribution in [2.75, 3.05) is 19.8 Å². The molecule has 114 valence electrons. The molecular formula is C16H27NO3. The second-order valence-electron chi connectivity index (χ2n) is 4.87. The first kappa shape index (κ1) is 17.0. The SMILES string of the molecule is CCOCC(C)OCc1cc(C(C)N)ccc1OCC. The Labute approximate surface area is 122 Å². The molecule has 0 saturated heterocycles. The van der Waals surface area contributed by atoms with Crippen molar-refractivity contribution in [3.8, 4) is 5.75 Å². The van der Waals surface area contributed by atoms with Gasteiger partial charge in [-0.3, -0.25) is 0 Å². The van der Waals surface area contributed by atoms with Crippen LogP contribution in [0.3, 0.4) is 0 Å². The summed E-state index contributed by atoms with van der Waals surface area (Å²) in [7, 11) is 0. The van der Waals surface area contributed by atoms with E-state index in [4.69, 9.17) is 19.9 Å². The van der Waals surface area contributed by atoms with Crippen molar-refractivity contribution >= 4 is 0 Å². The van der Waals surface area contributed by atoms with Gasteiger partial charge in [0.2, 0.25) is 0 Å². The summed E-state index contributed by atoms with van der Waals surface area (Å²) in [5.41, 5.74) is 8.05. The normalized spacial score (nSPS) is 14.1. The van der Waals surface area contributed by atoms with E-state index in [0.717, 1.165) is 16.9 Å². The van der Waals surface area contributed by atoms with Crippen molar-refractivity contribution in [2.24, 2.45) is 5.73 Å². The van der Waals surface area contributed by atoms with Crippen molar-refractivity contribution in [3.63, 3.8) is 0 Å². The topological polar surface area (TPSA) is 53.7 Å². The van der Waals surface area contributed by atoms with Crippen molar-refractivity contribution in [3.05, 3.63) is 29.3 Å². The van der Waals surface area contributed by atoms with E-state index in [1.165, 1.54) is 0 Å². The predicted molar refractivity (Wildman–Crippen MR) is 81.0 cm³/mol. The van der Waals surface area contributed by atoms with Crippen molar-refractivity contribution in [1.29, 1.82) is 0 Å². The van der Waals surface area contributed by atoms with Crippen LogP contribution in [-0.4, -0.2) is 25.9 Å². The van der Waals surface area contributed by atoms with Gasteiger partial charge in [-0.2, -0.15) is 0 Å². The first-order chi connectivity index (χ1) is 9.58. The number of rotatable bonds is 9. The highest BCUT2D eigenvalue weighted by Crippen LogP contribution is 2.24. The van der Waals surface area contributed by atoms with E-state index in [9.17, 15) is 0 Å². The van der Waals surface area contributed by atoms with Gasteiger partial charge in [0.1, 0.15) is 5.75 Å². The fourth-order valence-electron chi connectivity index (χ4n) is 1.86. The number of benzene rings is 1. The van der Waals surface area contributed by atoms with Gasteiger partial charge >= 0.3 is 0 Å². The van der Waals surface area contributed by atoms with E-state index in [1.54, 1.807) is 0 Å². The van der Waals surface area contributed by atoms with Gasteiger partial charge in [0, 0.05) is 18.2 Å². The molecule has 0 aromatic heterocycles. The fourth-order valence-corrected chi connectivity index (χ4v) is 1.86. The Morgan fingerprint density at radius 2 is 1.90 bits per heavy atom. The average Bonchev–Trinajstić information content (AvgIpc) is 2.44. The molecule has 1 aromatic rings. The van der Waals surface area contributed by atoms with Crippen molar-refractivity contribution in [2.45, 2.75) is 46.4 Å². The third-order valence-corrected chi connectivity index (χ3v) is 2.99. The molecule has 0 heterocycles. The van der Waals surface area contributed by atoms with Crippen LogP contribution in [0.2, 0.25) is 0 Å². The maximum atomic E-state index is 5.93. The van der Waals surface area contributed by atoms with Crippen LogP contribution in [0, 0.1) is 0 Å². The van der Waals surface area contributed by atoms with Gasteiger partial charge in [-0.05, 0) is 45.4 Å². The zero-order chi connectivity index (χ0) is 15.0. The van der Waals surface area contributed by atoms with Gasteiger partial charge < -0.3 is 19.9 Å². The molecule has 0 fully saturated rings. The molecule has 0 radical (unpaired) electrons. The Morgan fingerprint density at radius 3 is 2.50 bits per heavy atom. The van der Waals surface area contributed by atoms with Crippen molar-refractivity contribution in [1.82, 2.24) is 0 Å². The second-order valence-corrected chi connectivity index (χ2v) is 4.87. The lowest BCUT2D eigenvalue weighted by Crippen LogP contribution is -2.16. The van der Waals surface area contributed by atoms with Crippen molar-refractivity contribution < 1.29 is 14.2 Å². The first-order valence-corrected chi connectivity index (χ1v) is 7.29. The van der Waals surface area contributed by atoms with Crippen LogP contribution in [0.4, 0.5) is 0 Å². The van der Waals surface area contributed by atoms with E-state index in [2.05, 4.69) is 6.07 Å². The summed E-state index contributed by atoms with van der Waals surface area (Å²) >= 11 is 0.